The predicted molar refractivity (Wildman–Crippen MR) is 503 cm³/mol. The Labute approximate surface area is 757 Å². The molecule has 14 aromatic rings. The van der Waals surface area contributed by atoms with E-state index in [-0.39, 0.29) is 112 Å². The Morgan fingerprint density at radius 2 is 0.592 bits per heavy atom. The molecule has 42 heteroatoms. The summed E-state index contributed by atoms with van der Waals surface area (Å²) in [6.07, 6.45) is 9.74. The van der Waals surface area contributed by atoms with E-state index < -0.39 is 62.3 Å². The van der Waals surface area contributed by atoms with Crippen molar-refractivity contribution < 1.29 is 33.7 Å². The van der Waals surface area contributed by atoms with Crippen molar-refractivity contribution in [1.29, 1.82) is 0 Å². The summed E-state index contributed by atoms with van der Waals surface area (Å²) in [4.78, 5) is 51.0. The summed E-state index contributed by atoms with van der Waals surface area (Å²) in [5.74, 6) is 0.210. The summed E-state index contributed by atoms with van der Waals surface area (Å²) < 4.78 is 117. The molecule has 4 heterocycles. The van der Waals surface area contributed by atoms with Gasteiger partial charge in [-0.3, -0.25) is 48.2 Å². The van der Waals surface area contributed by atoms with Gasteiger partial charge in [0.25, 0.3) is 20.0 Å². The monoisotopic (exact) mass is 1870 g/mol. The zero-order valence-corrected chi connectivity index (χ0v) is 74.7. The molecule has 130 heavy (non-hydrogen) atoms. The van der Waals surface area contributed by atoms with E-state index in [9.17, 15) is 52.8 Å². The average molecular weight is 1880 g/mol. The van der Waals surface area contributed by atoms with Crippen LogP contribution in [0.2, 0.25) is 10.0 Å². The lowest BCUT2D eigenvalue weighted by Crippen LogP contribution is -2.36. The molecule has 0 saturated heterocycles. The van der Waals surface area contributed by atoms with E-state index in [4.69, 9.17) is 46.1 Å². The molecule has 0 radical (unpaired) electrons. The SMILES string of the molecule is CCN(c1ccccc1)S(=O)(=O)c1ccc(Cl)c(N=Nc2c(N)[nH]n(-c3ccccc3)c2=O)c1.CCN(c1ccccc1)S(=O)(=O)c1ccc(N=Nc2c(N)[nH]n(-c3ccccc3)c2=O)cc1.Nc1[nH]n(-c2ccccc2)c(=O)c1N=Nc1cc(S(=O)(=O)NC2CCCCC2)ccc1Cl.Nc1[nH]n(-c2ccccc2)c(=O)c1N=Nc1ccc(S(=O)(=O)NC2CCCCC2)cc1. The first kappa shape index (κ1) is 93.4. The van der Waals surface area contributed by atoms with Crippen LogP contribution in [0.15, 0.2) is 347 Å². The molecule has 2 aliphatic rings. The molecule has 36 nitrogen and oxygen atoms in total. The number of nitrogens with zero attached hydrogens (tertiary/aromatic N) is 14. The number of aromatic nitrogens is 8. The third-order valence-electron chi connectivity index (χ3n) is 20.5. The second kappa shape index (κ2) is 42.1. The van der Waals surface area contributed by atoms with Gasteiger partial charge in [-0.05, 0) is 197 Å². The van der Waals surface area contributed by atoms with Crippen LogP contribution in [0.1, 0.15) is 78.1 Å². The van der Waals surface area contributed by atoms with E-state index in [1.165, 1.54) is 112 Å². The van der Waals surface area contributed by atoms with Crippen LogP contribution in [0.4, 0.5) is 80.1 Å². The molecule has 16 rings (SSSR count). The van der Waals surface area contributed by atoms with Gasteiger partial charge in [0.05, 0.1) is 75.1 Å². The van der Waals surface area contributed by atoms with E-state index >= 15 is 0 Å². The van der Waals surface area contributed by atoms with E-state index in [1.807, 2.05) is 36.4 Å². The van der Waals surface area contributed by atoms with Crippen LogP contribution in [-0.4, -0.2) is 98.0 Å². The number of aromatic amines is 4. The lowest BCUT2D eigenvalue weighted by Gasteiger charge is -2.23. The van der Waals surface area contributed by atoms with Gasteiger partial charge in [0, 0.05) is 25.2 Å². The zero-order chi connectivity index (χ0) is 92.3. The molecule has 0 amide bonds. The number of sulfonamides is 4. The standard InChI is InChI=1S/C23H21ClN6O3S.C23H22N6O3S.C21H23ClN6O3S.C21H24N6O3S/c1-2-29(16-9-5-3-6-10-16)34(32,33)18-13-14-19(24)20(15-18)26-27-21-22(25)28-30(23(21)31)17-11-7-4-8-12-17;1-2-28(18-9-5-3-6-10-18)33(31,32)20-15-13-17(14-16-20)25-26-21-22(24)27-29(23(21)30)19-11-7-4-8-12-19;22-17-12-11-16(32(30,31)27-14-7-3-1-4-8-14)13-18(17)24-25-19-20(23)26-28(21(19)29)15-9-5-2-6-10-15;22-20-19(21(28)27(25-20)17-9-5-2-6-10-17)24-23-15-11-13-18(14-12-15)31(29,30)26-16-7-3-1-4-8-16/h3-15,28H,2,25H2,1H3;3-16,27H,2,24H2,1H3;2,5-6,9-14,26-27H,1,3-4,7-8,23H2;2,5-6,9-14,16,25-26H,1,3-4,7-8,22H2. The van der Waals surface area contributed by atoms with Gasteiger partial charge in [-0.15, -0.1) is 30.7 Å². The Bertz CT molecular complexity index is 7160. The van der Waals surface area contributed by atoms with Crippen LogP contribution in [-0.2, 0) is 40.1 Å². The van der Waals surface area contributed by atoms with Crippen molar-refractivity contribution in [3.8, 4) is 22.7 Å². The first-order chi connectivity index (χ1) is 62.5. The van der Waals surface area contributed by atoms with Gasteiger partial charge < -0.3 is 22.9 Å². The van der Waals surface area contributed by atoms with Crippen LogP contribution in [0, 0.1) is 0 Å². The second-order valence-corrected chi connectivity index (χ2v) is 37.3. The highest BCUT2D eigenvalue weighted by Gasteiger charge is 2.29. The largest absolute Gasteiger partial charge is 0.382 e. The molecule has 4 aromatic heterocycles. The Balaban J connectivity index is 0.000000148. The Morgan fingerprint density at radius 3 is 0.908 bits per heavy atom. The van der Waals surface area contributed by atoms with Gasteiger partial charge in [0.2, 0.25) is 20.0 Å². The second-order valence-electron chi connectivity index (χ2n) is 29.3. The van der Waals surface area contributed by atoms with Crippen LogP contribution < -0.4 is 63.2 Å². The van der Waals surface area contributed by atoms with Gasteiger partial charge in [-0.2, -0.15) is 10.2 Å². The molecule has 10 aromatic carbocycles. The van der Waals surface area contributed by atoms with Crippen molar-refractivity contribution in [3.05, 3.63) is 318 Å². The van der Waals surface area contributed by atoms with Crippen molar-refractivity contribution in [1.82, 2.24) is 48.6 Å². The lowest BCUT2D eigenvalue weighted by atomic mass is 9.96. The number of para-hydroxylation sites is 6. The molecule has 0 bridgehead atoms. The third-order valence-corrected chi connectivity index (χ3v) is 28.0. The molecule has 2 saturated carbocycles. The predicted octanol–water partition coefficient (Wildman–Crippen LogP) is 17.6. The number of nitrogens with one attached hydrogen (secondary N) is 6. The normalized spacial score (nSPS) is 13.5. The van der Waals surface area contributed by atoms with Crippen molar-refractivity contribution in [2.75, 3.05) is 44.6 Å². The number of nitrogens with two attached hydrogens (primary N) is 4. The quantitative estimate of drug-likeness (QED) is 0.0225. The summed E-state index contributed by atoms with van der Waals surface area (Å²) in [6, 6.07) is 73.5. The van der Waals surface area contributed by atoms with Crippen LogP contribution in [0.3, 0.4) is 0 Å². The smallest absolute Gasteiger partial charge is 0.301 e. The molecule has 2 fully saturated rings. The number of hydrogen-bond acceptors (Lipinski definition) is 24. The van der Waals surface area contributed by atoms with Gasteiger partial charge in [-0.25, -0.2) is 61.8 Å². The van der Waals surface area contributed by atoms with Crippen molar-refractivity contribution >= 4 is 143 Å². The molecule has 0 atom stereocenters. The number of anilines is 6. The topological polar surface area (TPSA) is 521 Å². The maximum absolute atomic E-state index is 13.3. The average Bonchev–Trinajstić information content (AvgIpc) is 1.22. The van der Waals surface area contributed by atoms with Crippen molar-refractivity contribution in [2.45, 2.75) is 110 Å². The first-order valence-electron chi connectivity index (χ1n) is 40.8. The number of azo groups is 4. The maximum Gasteiger partial charge on any atom is 0.301 e. The summed E-state index contributed by atoms with van der Waals surface area (Å²) in [5.41, 5.74) is 26.0. The summed E-state index contributed by atoms with van der Waals surface area (Å²) in [6.45, 7) is 4.03. The number of nitrogen functional groups attached to an aromatic ring is 4. The Kier molecular flexibility index (Phi) is 30.3. The van der Waals surface area contributed by atoms with Gasteiger partial charge in [-0.1, -0.05) is 171 Å². The highest BCUT2D eigenvalue weighted by atomic mass is 35.5. The van der Waals surface area contributed by atoms with Crippen molar-refractivity contribution in [2.24, 2.45) is 40.9 Å². The van der Waals surface area contributed by atoms with E-state index in [0.29, 0.717) is 45.5 Å². The summed E-state index contributed by atoms with van der Waals surface area (Å²) in [5, 5.41) is 43.4. The fourth-order valence-electron chi connectivity index (χ4n) is 13.9. The molecule has 0 unspecified atom stereocenters. The molecule has 0 spiro atoms. The number of halogens is 2. The highest BCUT2D eigenvalue weighted by molar-refractivity contribution is 7.93. The fourth-order valence-corrected chi connectivity index (χ4v) is 19.8. The van der Waals surface area contributed by atoms with E-state index in [1.54, 1.807) is 159 Å². The van der Waals surface area contributed by atoms with Crippen LogP contribution in [0.25, 0.3) is 22.7 Å². The fraction of sp³-hybridized carbons (Fsp3) is 0.182. The van der Waals surface area contributed by atoms with Gasteiger partial charge in [0.1, 0.15) is 34.6 Å². The zero-order valence-electron chi connectivity index (χ0n) is 69.9. The third kappa shape index (κ3) is 22.5. The van der Waals surface area contributed by atoms with Crippen molar-refractivity contribution in [3.63, 3.8) is 0 Å². The Morgan fingerprint density at radius 1 is 0.331 bits per heavy atom. The van der Waals surface area contributed by atoms with Crippen LogP contribution in [0.5, 0.6) is 0 Å². The number of H-pyrrole nitrogens is 4. The highest BCUT2D eigenvalue weighted by Crippen LogP contribution is 2.36. The minimum atomic E-state index is -3.90. The van der Waals surface area contributed by atoms with Crippen LogP contribution >= 0.6 is 23.2 Å². The molecule has 0 aliphatic heterocycles. The maximum atomic E-state index is 13.3. The minimum Gasteiger partial charge on any atom is -0.382 e. The minimum absolute atomic E-state index is 0.0125. The number of hydrogen-bond donors (Lipinski definition) is 10. The number of rotatable bonds is 26. The number of benzene rings is 10. The molecule has 2 aliphatic carbocycles. The molecular weight excluding hydrogens is 1780 g/mol. The van der Waals surface area contributed by atoms with Gasteiger partial charge >= 0.3 is 22.2 Å². The summed E-state index contributed by atoms with van der Waals surface area (Å²) in [7, 11) is -15.0. The first-order valence-corrected chi connectivity index (χ1v) is 47.4. The molecule has 14 N–H and O–H groups in total. The lowest BCUT2D eigenvalue weighted by molar-refractivity contribution is 0.412. The molecule has 672 valence electrons. The summed E-state index contributed by atoms with van der Waals surface area (Å²) >= 11 is 12.4. The van der Waals surface area contributed by atoms with E-state index in [2.05, 4.69) is 70.8 Å². The molecular formula is C88H90Cl2N24O12S4. The van der Waals surface area contributed by atoms with Gasteiger partial charge in [0.15, 0.2) is 22.7 Å². The van der Waals surface area contributed by atoms with E-state index in [0.717, 1.165) is 64.2 Å². The Hall–Kier alpha value is -14.3.